The lowest BCUT2D eigenvalue weighted by atomic mass is 9.91. The number of hydrogen-bond donors (Lipinski definition) is 1. The maximum absolute atomic E-state index is 12.0. The van der Waals surface area contributed by atoms with Gasteiger partial charge in [0.15, 0.2) is 5.78 Å². The lowest BCUT2D eigenvalue weighted by Crippen LogP contribution is -2.30. The van der Waals surface area contributed by atoms with Crippen LogP contribution in [0.2, 0.25) is 10.0 Å². The van der Waals surface area contributed by atoms with Gasteiger partial charge in [0.1, 0.15) is 6.10 Å². The second-order valence-corrected chi connectivity index (χ2v) is 5.24. The van der Waals surface area contributed by atoms with E-state index in [1.165, 1.54) is 0 Å². The van der Waals surface area contributed by atoms with Crippen molar-refractivity contribution in [1.29, 1.82) is 0 Å². The first kappa shape index (κ1) is 15.5. The van der Waals surface area contributed by atoms with Gasteiger partial charge in [0.05, 0.1) is 0 Å². The van der Waals surface area contributed by atoms with Crippen LogP contribution in [0.5, 0.6) is 0 Å². The molecule has 1 aromatic rings. The maximum atomic E-state index is 12.0. The number of carbonyl (C=O) groups is 1. The zero-order valence-corrected chi connectivity index (χ0v) is 12.1. The smallest absolute Gasteiger partial charge is 0.165 e. The topological polar surface area (TPSA) is 37.3 Å². The molecule has 1 N–H and O–H groups in total. The van der Waals surface area contributed by atoms with E-state index >= 15 is 0 Å². The molecular weight excluding hydrogens is 271 g/mol. The molecule has 0 aliphatic heterocycles. The van der Waals surface area contributed by atoms with Crippen LogP contribution in [0, 0.1) is 5.92 Å². The third-order valence-corrected chi connectivity index (χ3v) is 3.80. The predicted molar refractivity (Wildman–Crippen MR) is 75.3 cm³/mol. The second-order valence-electron chi connectivity index (χ2n) is 4.40. The second kappa shape index (κ2) is 7.13. The Bertz CT molecular complexity index is 414. The van der Waals surface area contributed by atoms with Gasteiger partial charge in [-0.1, -0.05) is 49.9 Å². The van der Waals surface area contributed by atoms with E-state index in [1.807, 2.05) is 13.8 Å². The van der Waals surface area contributed by atoms with E-state index in [9.17, 15) is 9.90 Å². The largest absolute Gasteiger partial charge is 0.385 e. The molecule has 0 amide bonds. The predicted octanol–water partition coefficient (Wildman–Crippen LogP) is 3.90. The van der Waals surface area contributed by atoms with Crippen molar-refractivity contribution in [3.05, 3.63) is 33.8 Å². The van der Waals surface area contributed by atoms with Crippen LogP contribution in [0.4, 0.5) is 0 Å². The van der Waals surface area contributed by atoms with Crippen LogP contribution < -0.4 is 0 Å². The van der Waals surface area contributed by atoms with Crippen molar-refractivity contribution >= 4 is 29.0 Å². The van der Waals surface area contributed by atoms with Crippen molar-refractivity contribution in [2.75, 3.05) is 0 Å². The van der Waals surface area contributed by atoms with Crippen molar-refractivity contribution in [2.45, 2.75) is 39.2 Å². The molecule has 0 fully saturated rings. The Hall–Kier alpha value is -0.570. The molecule has 0 aliphatic rings. The van der Waals surface area contributed by atoms with E-state index in [0.29, 0.717) is 15.6 Å². The first-order valence-corrected chi connectivity index (χ1v) is 6.89. The monoisotopic (exact) mass is 288 g/mol. The van der Waals surface area contributed by atoms with E-state index in [0.717, 1.165) is 12.8 Å². The third kappa shape index (κ3) is 3.98. The average Bonchev–Trinajstić information content (AvgIpc) is 2.35. The molecule has 0 saturated carbocycles. The Kier molecular flexibility index (Phi) is 6.13. The number of ketones is 1. The first-order chi connectivity index (χ1) is 8.49. The number of aliphatic hydroxyl groups excluding tert-OH is 1. The first-order valence-electron chi connectivity index (χ1n) is 6.14. The van der Waals surface area contributed by atoms with Gasteiger partial charge < -0.3 is 5.11 Å². The van der Waals surface area contributed by atoms with E-state index in [2.05, 4.69) is 0 Å². The molecule has 0 aliphatic carbocycles. The Morgan fingerprint density at radius 3 is 2.44 bits per heavy atom. The van der Waals surface area contributed by atoms with Gasteiger partial charge in [-0.05, 0) is 29.7 Å². The zero-order valence-electron chi connectivity index (χ0n) is 10.6. The molecule has 4 heteroatoms. The summed E-state index contributed by atoms with van der Waals surface area (Å²) in [6, 6.07) is 5.01. The minimum atomic E-state index is -0.921. The highest BCUT2D eigenvalue weighted by Crippen LogP contribution is 2.23. The van der Waals surface area contributed by atoms with Crippen molar-refractivity contribution < 1.29 is 9.90 Å². The van der Waals surface area contributed by atoms with Gasteiger partial charge in [0.25, 0.3) is 0 Å². The normalized spacial score (nSPS) is 12.8. The van der Waals surface area contributed by atoms with E-state index in [1.54, 1.807) is 18.2 Å². The van der Waals surface area contributed by atoms with Crippen molar-refractivity contribution in [1.82, 2.24) is 0 Å². The molecule has 1 rings (SSSR count). The van der Waals surface area contributed by atoms with Crippen LogP contribution in [0.15, 0.2) is 18.2 Å². The third-order valence-electron chi connectivity index (χ3n) is 3.20. The fraction of sp³-hybridized carbons (Fsp3) is 0.500. The van der Waals surface area contributed by atoms with Gasteiger partial charge in [-0.2, -0.15) is 0 Å². The van der Waals surface area contributed by atoms with Gasteiger partial charge in [0, 0.05) is 16.5 Å². The summed E-state index contributed by atoms with van der Waals surface area (Å²) in [7, 11) is 0. The Morgan fingerprint density at radius 2 is 1.89 bits per heavy atom. The van der Waals surface area contributed by atoms with Crippen molar-refractivity contribution in [2.24, 2.45) is 5.92 Å². The van der Waals surface area contributed by atoms with Gasteiger partial charge in [-0.3, -0.25) is 4.79 Å². The molecule has 1 unspecified atom stereocenters. The van der Waals surface area contributed by atoms with E-state index in [4.69, 9.17) is 23.2 Å². The number of Topliss-reactive ketones (excluding diaryl/α,β-unsaturated/α-hetero) is 1. The maximum Gasteiger partial charge on any atom is 0.165 e. The number of rotatable bonds is 6. The quantitative estimate of drug-likeness (QED) is 0.862. The van der Waals surface area contributed by atoms with Crippen LogP contribution in [-0.4, -0.2) is 17.0 Å². The Balaban J connectivity index is 2.78. The Morgan fingerprint density at radius 1 is 1.28 bits per heavy atom. The number of hydrogen-bond acceptors (Lipinski definition) is 2. The highest BCUT2D eigenvalue weighted by atomic mass is 35.5. The molecule has 1 atom stereocenters. The highest BCUT2D eigenvalue weighted by molar-refractivity contribution is 6.33. The summed E-state index contributed by atoms with van der Waals surface area (Å²) in [4.78, 5) is 12.0. The molecule has 18 heavy (non-hydrogen) atoms. The van der Waals surface area contributed by atoms with E-state index in [-0.39, 0.29) is 18.1 Å². The standard InChI is InChI=1S/C14H18Cl2O2/c1-3-9(4-2)14(18)13(17)8-10-7-11(15)5-6-12(10)16/h5-7,9,14,18H,3-4,8H2,1-2H3. The molecule has 0 heterocycles. The molecule has 0 aromatic heterocycles. The van der Waals surface area contributed by atoms with Crippen molar-refractivity contribution in [3.63, 3.8) is 0 Å². The molecule has 0 spiro atoms. The van der Waals surface area contributed by atoms with Gasteiger partial charge in [-0.15, -0.1) is 0 Å². The molecule has 2 nitrogen and oxygen atoms in total. The van der Waals surface area contributed by atoms with Crippen molar-refractivity contribution in [3.8, 4) is 0 Å². The fourth-order valence-electron chi connectivity index (χ4n) is 1.97. The lowest BCUT2D eigenvalue weighted by Gasteiger charge is -2.19. The highest BCUT2D eigenvalue weighted by Gasteiger charge is 2.23. The number of carbonyl (C=O) groups excluding carboxylic acids is 1. The summed E-state index contributed by atoms with van der Waals surface area (Å²) in [6.07, 6.45) is 0.770. The summed E-state index contributed by atoms with van der Waals surface area (Å²) in [5.74, 6) is -0.191. The zero-order chi connectivity index (χ0) is 13.7. The van der Waals surface area contributed by atoms with Crippen LogP contribution in [0.1, 0.15) is 32.3 Å². The number of benzene rings is 1. The summed E-state index contributed by atoms with van der Waals surface area (Å²) >= 11 is 11.9. The minimum absolute atomic E-state index is 0.00968. The minimum Gasteiger partial charge on any atom is -0.385 e. The number of halogens is 2. The molecule has 1 aromatic carbocycles. The van der Waals surface area contributed by atoms with Crippen LogP contribution in [-0.2, 0) is 11.2 Å². The SMILES string of the molecule is CCC(CC)C(O)C(=O)Cc1cc(Cl)ccc1Cl. The van der Waals surface area contributed by atoms with Crippen LogP contribution >= 0.6 is 23.2 Å². The molecule has 0 saturated heterocycles. The van der Waals surface area contributed by atoms with Gasteiger partial charge >= 0.3 is 0 Å². The van der Waals surface area contributed by atoms with Crippen LogP contribution in [0.25, 0.3) is 0 Å². The van der Waals surface area contributed by atoms with Crippen LogP contribution in [0.3, 0.4) is 0 Å². The summed E-state index contributed by atoms with van der Waals surface area (Å²) < 4.78 is 0. The van der Waals surface area contributed by atoms with Gasteiger partial charge in [-0.25, -0.2) is 0 Å². The van der Waals surface area contributed by atoms with Gasteiger partial charge in [0.2, 0.25) is 0 Å². The van der Waals surface area contributed by atoms with E-state index < -0.39 is 6.10 Å². The molecular formula is C14H18Cl2O2. The molecule has 100 valence electrons. The summed E-state index contributed by atoms with van der Waals surface area (Å²) in [5.41, 5.74) is 0.666. The summed E-state index contributed by atoms with van der Waals surface area (Å²) in [6.45, 7) is 3.94. The summed E-state index contributed by atoms with van der Waals surface area (Å²) in [5, 5.41) is 11.0. The average molecular weight is 289 g/mol. The molecule has 0 bridgehead atoms. The molecule has 0 radical (unpaired) electrons. The Labute approximate surface area is 118 Å². The lowest BCUT2D eigenvalue weighted by molar-refractivity contribution is -0.129. The fourth-order valence-corrected chi connectivity index (χ4v) is 2.35. The number of aliphatic hydroxyl groups is 1.